The van der Waals surface area contributed by atoms with E-state index in [1.165, 1.54) is 23.7 Å². The number of anilines is 6. The van der Waals surface area contributed by atoms with Crippen LogP contribution in [-0.2, 0) is 6.42 Å². The smallest absolute Gasteiger partial charge is 0.329 e. The van der Waals surface area contributed by atoms with Crippen LogP contribution in [0.25, 0.3) is 11.0 Å². The predicted octanol–water partition coefficient (Wildman–Crippen LogP) is 5.63. The first-order valence-corrected chi connectivity index (χ1v) is 15.6. The van der Waals surface area contributed by atoms with E-state index in [4.69, 9.17) is 4.74 Å². The Balaban J connectivity index is 1.48. The molecule has 0 saturated carbocycles. The summed E-state index contributed by atoms with van der Waals surface area (Å²) >= 11 is 1.48. The quantitative estimate of drug-likeness (QED) is 0.122. The number of piperidine rings is 1. The Labute approximate surface area is 261 Å². The summed E-state index contributed by atoms with van der Waals surface area (Å²) in [6, 6.07) is 8.33. The van der Waals surface area contributed by atoms with Crippen molar-refractivity contribution in [2.45, 2.75) is 32.2 Å². The molecule has 2 aromatic carbocycles. The summed E-state index contributed by atoms with van der Waals surface area (Å²) < 4.78 is 7.72. The zero-order valence-electron chi connectivity index (χ0n) is 25.9. The molecule has 0 atom stereocenters. The van der Waals surface area contributed by atoms with Crippen molar-refractivity contribution in [3.63, 3.8) is 0 Å². The Morgan fingerprint density at radius 2 is 1.84 bits per heavy atom. The number of rotatable bonds is 11. The number of fused-ring (bicyclic) bond motifs is 1. The van der Waals surface area contributed by atoms with E-state index in [0.717, 1.165) is 43.7 Å². The molecule has 44 heavy (non-hydrogen) atoms. The fourth-order valence-electron chi connectivity index (χ4n) is 5.52. The second kappa shape index (κ2) is 13.5. The lowest BCUT2D eigenvalue weighted by Crippen LogP contribution is -2.42. The van der Waals surface area contributed by atoms with E-state index in [2.05, 4.69) is 73.5 Å². The van der Waals surface area contributed by atoms with E-state index in [9.17, 15) is 10.1 Å². The van der Waals surface area contributed by atoms with Crippen molar-refractivity contribution in [2.75, 3.05) is 67.4 Å². The van der Waals surface area contributed by atoms with Crippen molar-refractivity contribution >= 4 is 63.2 Å². The van der Waals surface area contributed by atoms with E-state index >= 15 is 0 Å². The number of benzene rings is 2. The number of hydrogen-bond acceptors (Lipinski definition) is 13. The van der Waals surface area contributed by atoms with Gasteiger partial charge in [-0.15, -0.1) is 0 Å². The highest BCUT2D eigenvalue weighted by molar-refractivity contribution is 7.99. The average molecular weight is 619 g/mol. The molecule has 1 saturated heterocycles. The lowest BCUT2D eigenvalue weighted by molar-refractivity contribution is -0.384. The molecule has 2 aromatic heterocycles. The van der Waals surface area contributed by atoms with Gasteiger partial charge in [-0.1, -0.05) is 18.9 Å². The van der Waals surface area contributed by atoms with Gasteiger partial charge in [-0.2, -0.15) is 4.98 Å². The van der Waals surface area contributed by atoms with Gasteiger partial charge in [0.25, 0.3) is 0 Å². The van der Waals surface area contributed by atoms with Crippen LogP contribution in [0.5, 0.6) is 5.75 Å². The van der Waals surface area contributed by atoms with Crippen molar-refractivity contribution in [3.05, 3.63) is 58.5 Å². The fraction of sp³-hybridized carbons (Fsp3) is 0.400. The third-order valence-electron chi connectivity index (χ3n) is 7.99. The molecule has 232 valence electrons. The summed E-state index contributed by atoms with van der Waals surface area (Å²) in [6.07, 6.45) is 9.41. The van der Waals surface area contributed by atoms with Gasteiger partial charge in [-0.25, -0.2) is 4.98 Å². The number of nitrogens with one attached hydrogen (secondary N) is 2. The van der Waals surface area contributed by atoms with Gasteiger partial charge in [0.1, 0.15) is 17.5 Å². The van der Waals surface area contributed by atoms with Gasteiger partial charge in [-0.3, -0.25) is 20.1 Å². The maximum atomic E-state index is 12.0. The number of methoxy groups -OCH3 is 1. The normalized spacial score (nSPS) is 13.8. The van der Waals surface area contributed by atoms with Crippen LogP contribution in [0.15, 0.2) is 42.9 Å². The fourth-order valence-corrected chi connectivity index (χ4v) is 5.89. The molecule has 0 unspecified atom stereocenters. The Hall–Kier alpha value is -4.43. The molecule has 4 aromatic rings. The van der Waals surface area contributed by atoms with Crippen LogP contribution in [0.4, 0.5) is 40.2 Å². The van der Waals surface area contributed by atoms with Crippen LogP contribution in [0, 0.1) is 10.1 Å². The zero-order chi connectivity index (χ0) is 31.4. The van der Waals surface area contributed by atoms with Crippen molar-refractivity contribution in [1.29, 1.82) is 0 Å². The van der Waals surface area contributed by atoms with Crippen LogP contribution in [0.1, 0.15) is 25.3 Å². The largest absolute Gasteiger partial charge is 0.494 e. The highest BCUT2D eigenvalue weighted by Crippen LogP contribution is 2.39. The standard InChI is InChI=1S/C30H38N10O3S/c1-7-19-16-23(26(43-5)17-24(19)39-14-10-20(11-15-39)37(2)3)35-30-33-18-25(40(41)42)29(36-30)34-22-9-8-21-27(32-13-12-31-21)28(22)38(4)44-6/h8-9,12-13,16-18,20H,7,10-11,14-15H2,1-6H3,(H2,33,34,35,36). The minimum Gasteiger partial charge on any atom is -0.494 e. The van der Waals surface area contributed by atoms with Crippen molar-refractivity contribution in [2.24, 2.45) is 0 Å². The lowest BCUT2D eigenvalue weighted by atomic mass is 10.0. The molecule has 0 radical (unpaired) electrons. The number of nitro groups is 1. The molecular formula is C30H38N10O3S. The Bertz CT molecular complexity index is 1650. The second-order valence-corrected chi connectivity index (χ2v) is 11.6. The molecule has 1 aliphatic rings. The molecule has 0 spiro atoms. The summed E-state index contributed by atoms with van der Waals surface area (Å²) in [7, 11) is 7.80. The number of ether oxygens (including phenoxy) is 1. The first-order chi connectivity index (χ1) is 21.2. The molecule has 2 N–H and O–H groups in total. The van der Waals surface area contributed by atoms with Gasteiger partial charge >= 0.3 is 5.69 Å². The molecular weight excluding hydrogens is 580 g/mol. The van der Waals surface area contributed by atoms with Gasteiger partial charge in [0.05, 0.1) is 34.6 Å². The lowest BCUT2D eigenvalue weighted by Gasteiger charge is -2.37. The van der Waals surface area contributed by atoms with Crippen molar-refractivity contribution in [3.8, 4) is 5.75 Å². The summed E-state index contributed by atoms with van der Waals surface area (Å²) in [5, 5.41) is 18.4. The number of aryl methyl sites for hydroxylation is 1. The Morgan fingerprint density at radius 1 is 1.09 bits per heavy atom. The van der Waals surface area contributed by atoms with Crippen molar-refractivity contribution in [1.82, 2.24) is 24.8 Å². The van der Waals surface area contributed by atoms with E-state index < -0.39 is 4.92 Å². The molecule has 1 aliphatic heterocycles. The monoisotopic (exact) mass is 618 g/mol. The highest BCUT2D eigenvalue weighted by Gasteiger charge is 2.25. The van der Waals surface area contributed by atoms with Crippen LogP contribution in [0.2, 0.25) is 0 Å². The average Bonchev–Trinajstić information content (AvgIpc) is 3.04. The summed E-state index contributed by atoms with van der Waals surface area (Å²) in [6.45, 7) is 4.07. The van der Waals surface area contributed by atoms with E-state index in [1.54, 1.807) is 19.5 Å². The van der Waals surface area contributed by atoms with Crippen LogP contribution < -0.4 is 24.6 Å². The molecule has 5 rings (SSSR count). The number of nitrogens with zero attached hydrogens (tertiary/aromatic N) is 8. The van der Waals surface area contributed by atoms with E-state index in [1.807, 2.05) is 29.7 Å². The van der Waals surface area contributed by atoms with Gasteiger partial charge in [0.2, 0.25) is 11.8 Å². The van der Waals surface area contributed by atoms with E-state index in [0.29, 0.717) is 34.2 Å². The summed E-state index contributed by atoms with van der Waals surface area (Å²) in [4.78, 5) is 34.0. The molecule has 13 nitrogen and oxygen atoms in total. The SMILES string of the molecule is CCc1cc(Nc2ncc([N+](=O)[O-])c(Nc3ccc4nccnc4c3N(C)SC)n2)c(OC)cc1N1CCC(N(C)C)CC1. The van der Waals surface area contributed by atoms with Crippen LogP contribution >= 0.6 is 11.9 Å². The Kier molecular flexibility index (Phi) is 9.49. The molecule has 0 amide bonds. The number of aromatic nitrogens is 4. The van der Waals surface area contributed by atoms with Gasteiger partial charge in [-0.05, 0) is 57.1 Å². The minimum atomic E-state index is -0.505. The predicted molar refractivity (Wildman–Crippen MR) is 178 cm³/mol. The molecule has 3 heterocycles. The topological polar surface area (TPSA) is 138 Å². The first-order valence-electron chi connectivity index (χ1n) is 14.4. The summed E-state index contributed by atoms with van der Waals surface area (Å²) in [5.74, 6) is 0.875. The van der Waals surface area contributed by atoms with Gasteiger partial charge < -0.3 is 29.5 Å². The van der Waals surface area contributed by atoms with Crippen molar-refractivity contribution < 1.29 is 9.66 Å². The van der Waals surface area contributed by atoms with Crippen LogP contribution in [0.3, 0.4) is 0 Å². The van der Waals surface area contributed by atoms with Crippen LogP contribution in [-0.4, -0.2) is 83.4 Å². The van der Waals surface area contributed by atoms with Gasteiger partial charge in [0.15, 0.2) is 0 Å². The third-order valence-corrected chi connectivity index (χ3v) is 8.72. The third kappa shape index (κ3) is 6.40. The van der Waals surface area contributed by atoms with Gasteiger partial charge in [0, 0.05) is 56.6 Å². The molecule has 14 heteroatoms. The van der Waals surface area contributed by atoms with E-state index in [-0.39, 0.29) is 17.5 Å². The molecule has 1 fully saturated rings. The zero-order valence-corrected chi connectivity index (χ0v) is 26.7. The Morgan fingerprint density at radius 3 is 2.50 bits per heavy atom. The maximum Gasteiger partial charge on any atom is 0.329 e. The summed E-state index contributed by atoms with van der Waals surface area (Å²) in [5.41, 5.74) is 5.43. The molecule has 0 aliphatic carbocycles. The first kappa shape index (κ1) is 31.0. The molecule has 0 bridgehead atoms. The highest BCUT2D eigenvalue weighted by atomic mass is 32.2. The maximum absolute atomic E-state index is 12.0. The number of hydrogen-bond donors (Lipinski definition) is 2. The minimum absolute atomic E-state index is 0.0431. The second-order valence-electron chi connectivity index (χ2n) is 10.7.